The topological polar surface area (TPSA) is 40.5 Å². The lowest BCUT2D eigenvalue weighted by Gasteiger charge is -2.09. The lowest BCUT2D eigenvalue weighted by Crippen LogP contribution is -2.18. The standard InChI is InChI=1S/C6H12F2O2/c1-4(9)2-3-5(10)6(7)8/h4-6,9-10H,2-3H2,1H3. The van der Waals surface area contributed by atoms with Crippen molar-refractivity contribution >= 4 is 0 Å². The van der Waals surface area contributed by atoms with Gasteiger partial charge in [-0.05, 0) is 19.8 Å². The van der Waals surface area contributed by atoms with Gasteiger partial charge in [0, 0.05) is 0 Å². The van der Waals surface area contributed by atoms with Crippen LogP contribution in [0, 0.1) is 0 Å². The summed E-state index contributed by atoms with van der Waals surface area (Å²) >= 11 is 0. The molecule has 2 atom stereocenters. The molecule has 0 spiro atoms. The summed E-state index contributed by atoms with van der Waals surface area (Å²) in [7, 11) is 0. The summed E-state index contributed by atoms with van der Waals surface area (Å²) in [4.78, 5) is 0. The molecule has 0 heterocycles. The van der Waals surface area contributed by atoms with E-state index in [0.717, 1.165) is 0 Å². The lowest BCUT2D eigenvalue weighted by atomic mass is 10.1. The summed E-state index contributed by atoms with van der Waals surface area (Å²) in [6, 6.07) is 0. The third-order valence-corrected chi connectivity index (χ3v) is 1.17. The monoisotopic (exact) mass is 154 g/mol. The van der Waals surface area contributed by atoms with Gasteiger partial charge in [0.05, 0.1) is 6.10 Å². The number of rotatable bonds is 4. The van der Waals surface area contributed by atoms with Gasteiger partial charge in [-0.2, -0.15) is 0 Å². The van der Waals surface area contributed by atoms with E-state index in [1.54, 1.807) is 0 Å². The Morgan fingerprint density at radius 1 is 1.20 bits per heavy atom. The second kappa shape index (κ2) is 4.57. The number of aliphatic hydroxyl groups is 2. The number of aliphatic hydroxyl groups excluding tert-OH is 2. The van der Waals surface area contributed by atoms with E-state index >= 15 is 0 Å². The first kappa shape index (κ1) is 9.78. The van der Waals surface area contributed by atoms with Crippen molar-refractivity contribution < 1.29 is 19.0 Å². The zero-order valence-electron chi connectivity index (χ0n) is 5.80. The van der Waals surface area contributed by atoms with Crippen LogP contribution in [0.25, 0.3) is 0 Å². The van der Waals surface area contributed by atoms with Gasteiger partial charge in [0.1, 0.15) is 6.10 Å². The molecule has 2 unspecified atom stereocenters. The molecule has 0 aliphatic rings. The van der Waals surface area contributed by atoms with Crippen LogP contribution in [0.3, 0.4) is 0 Å². The molecule has 2 nitrogen and oxygen atoms in total. The van der Waals surface area contributed by atoms with Gasteiger partial charge < -0.3 is 10.2 Å². The van der Waals surface area contributed by atoms with E-state index in [0.29, 0.717) is 0 Å². The summed E-state index contributed by atoms with van der Waals surface area (Å²) in [5.41, 5.74) is 0. The Labute approximate surface area is 58.5 Å². The quantitative estimate of drug-likeness (QED) is 0.628. The van der Waals surface area contributed by atoms with Crippen LogP contribution < -0.4 is 0 Å². The summed E-state index contributed by atoms with van der Waals surface area (Å²) in [5.74, 6) is 0. The first-order chi connectivity index (χ1) is 4.54. The predicted octanol–water partition coefficient (Wildman–Crippen LogP) is 0.773. The summed E-state index contributed by atoms with van der Waals surface area (Å²) in [6.45, 7) is 1.50. The van der Waals surface area contributed by atoms with Crippen LogP contribution in [0.2, 0.25) is 0 Å². The molecule has 0 rings (SSSR count). The maximum absolute atomic E-state index is 11.5. The van der Waals surface area contributed by atoms with Crippen molar-refractivity contribution in [1.82, 2.24) is 0 Å². The highest BCUT2D eigenvalue weighted by molar-refractivity contribution is 4.59. The van der Waals surface area contributed by atoms with Gasteiger partial charge in [0.15, 0.2) is 0 Å². The maximum atomic E-state index is 11.5. The van der Waals surface area contributed by atoms with Crippen molar-refractivity contribution in [1.29, 1.82) is 0 Å². The molecule has 0 aromatic carbocycles. The molecule has 62 valence electrons. The molecule has 0 bridgehead atoms. The van der Waals surface area contributed by atoms with Crippen LogP contribution in [0.4, 0.5) is 8.78 Å². The van der Waals surface area contributed by atoms with E-state index in [2.05, 4.69) is 0 Å². The molecule has 0 saturated heterocycles. The molecule has 0 aliphatic carbocycles. The molecule has 10 heavy (non-hydrogen) atoms. The summed E-state index contributed by atoms with van der Waals surface area (Å²) < 4.78 is 23.1. The van der Waals surface area contributed by atoms with Gasteiger partial charge in [-0.3, -0.25) is 0 Å². The first-order valence-electron chi connectivity index (χ1n) is 3.18. The smallest absolute Gasteiger partial charge is 0.264 e. The second-order valence-corrected chi connectivity index (χ2v) is 2.33. The number of halogens is 2. The average molecular weight is 154 g/mol. The van der Waals surface area contributed by atoms with Gasteiger partial charge in [0.25, 0.3) is 6.43 Å². The zero-order chi connectivity index (χ0) is 8.15. The van der Waals surface area contributed by atoms with Crippen LogP contribution in [0.1, 0.15) is 19.8 Å². The normalized spacial score (nSPS) is 17.4. The SMILES string of the molecule is CC(O)CCC(O)C(F)F. The predicted molar refractivity (Wildman–Crippen MR) is 32.9 cm³/mol. The van der Waals surface area contributed by atoms with Crippen molar-refractivity contribution in [2.75, 3.05) is 0 Å². The number of alkyl halides is 2. The highest BCUT2D eigenvalue weighted by atomic mass is 19.3. The second-order valence-electron chi connectivity index (χ2n) is 2.33. The number of hydrogen-bond acceptors (Lipinski definition) is 2. The lowest BCUT2D eigenvalue weighted by molar-refractivity contribution is -0.0151. The number of hydrogen-bond donors (Lipinski definition) is 2. The molecule has 0 fully saturated rings. The van der Waals surface area contributed by atoms with Crippen LogP contribution in [0.5, 0.6) is 0 Å². The fraction of sp³-hybridized carbons (Fsp3) is 1.00. The van der Waals surface area contributed by atoms with Crippen LogP contribution in [-0.4, -0.2) is 28.8 Å². The Bertz CT molecular complexity index is 85.8. The van der Waals surface area contributed by atoms with Crippen molar-refractivity contribution in [2.45, 2.75) is 38.4 Å². The van der Waals surface area contributed by atoms with Crippen molar-refractivity contribution in [3.05, 3.63) is 0 Å². The van der Waals surface area contributed by atoms with Gasteiger partial charge in [-0.1, -0.05) is 0 Å². The third kappa shape index (κ3) is 4.64. The Hall–Kier alpha value is -0.220. The third-order valence-electron chi connectivity index (χ3n) is 1.17. The summed E-state index contributed by atoms with van der Waals surface area (Å²) in [5, 5.41) is 17.1. The van der Waals surface area contributed by atoms with E-state index in [9.17, 15) is 8.78 Å². The van der Waals surface area contributed by atoms with E-state index < -0.39 is 18.6 Å². The zero-order valence-corrected chi connectivity index (χ0v) is 5.80. The fourth-order valence-corrected chi connectivity index (χ4v) is 0.538. The van der Waals surface area contributed by atoms with Crippen LogP contribution >= 0.6 is 0 Å². The molecule has 0 amide bonds. The molecule has 0 aromatic rings. The molecule has 0 aromatic heterocycles. The molecule has 0 aliphatic heterocycles. The Morgan fingerprint density at radius 3 is 2.00 bits per heavy atom. The van der Waals surface area contributed by atoms with Crippen molar-refractivity contribution in [3.63, 3.8) is 0 Å². The average Bonchev–Trinajstić information content (AvgIpc) is 1.82. The molecule has 0 radical (unpaired) electrons. The minimum atomic E-state index is -2.70. The van der Waals surface area contributed by atoms with Gasteiger partial charge >= 0.3 is 0 Å². The Morgan fingerprint density at radius 2 is 1.70 bits per heavy atom. The molecule has 2 N–H and O–H groups in total. The summed E-state index contributed by atoms with van der Waals surface area (Å²) in [6.07, 6.45) is -4.73. The minimum Gasteiger partial charge on any atom is -0.393 e. The Kier molecular flexibility index (Phi) is 4.47. The first-order valence-corrected chi connectivity index (χ1v) is 3.18. The molecular weight excluding hydrogens is 142 g/mol. The largest absolute Gasteiger partial charge is 0.393 e. The highest BCUT2D eigenvalue weighted by Crippen LogP contribution is 2.08. The van der Waals surface area contributed by atoms with Crippen molar-refractivity contribution in [3.8, 4) is 0 Å². The molecule has 4 heteroatoms. The Balaban J connectivity index is 3.30. The minimum absolute atomic E-state index is 0.0463. The van der Waals surface area contributed by atoms with E-state index in [1.165, 1.54) is 6.92 Å². The molecule has 0 saturated carbocycles. The van der Waals surface area contributed by atoms with E-state index in [-0.39, 0.29) is 12.8 Å². The van der Waals surface area contributed by atoms with Crippen molar-refractivity contribution in [2.24, 2.45) is 0 Å². The fourth-order valence-electron chi connectivity index (χ4n) is 0.538. The van der Waals surface area contributed by atoms with Gasteiger partial charge in [0.2, 0.25) is 0 Å². The molecular formula is C6H12F2O2. The van der Waals surface area contributed by atoms with Gasteiger partial charge in [-0.15, -0.1) is 0 Å². The van der Waals surface area contributed by atoms with E-state index in [1.807, 2.05) is 0 Å². The van der Waals surface area contributed by atoms with Crippen LogP contribution in [-0.2, 0) is 0 Å². The van der Waals surface area contributed by atoms with E-state index in [4.69, 9.17) is 10.2 Å². The van der Waals surface area contributed by atoms with Gasteiger partial charge in [-0.25, -0.2) is 8.78 Å². The van der Waals surface area contributed by atoms with Crippen LogP contribution in [0.15, 0.2) is 0 Å². The highest BCUT2D eigenvalue weighted by Gasteiger charge is 2.16. The maximum Gasteiger partial charge on any atom is 0.264 e.